The summed E-state index contributed by atoms with van der Waals surface area (Å²) in [4.78, 5) is 3.73. The second kappa shape index (κ2) is 7.18. The van der Waals surface area contributed by atoms with Gasteiger partial charge < -0.3 is 10.8 Å². The zero-order chi connectivity index (χ0) is 13.8. The molecule has 19 heavy (non-hydrogen) atoms. The van der Waals surface area contributed by atoms with Crippen LogP contribution in [0.3, 0.4) is 0 Å². The van der Waals surface area contributed by atoms with Gasteiger partial charge in [-0.05, 0) is 53.9 Å². The number of hydrogen-bond acceptors (Lipinski definition) is 4. The van der Waals surface area contributed by atoms with E-state index in [4.69, 9.17) is 5.73 Å². The van der Waals surface area contributed by atoms with E-state index in [-0.39, 0.29) is 24.7 Å². The number of halogens is 1. The zero-order valence-electron chi connectivity index (χ0n) is 11.4. The van der Waals surface area contributed by atoms with Gasteiger partial charge in [0.25, 0.3) is 0 Å². The molecule has 2 rings (SSSR count). The van der Waals surface area contributed by atoms with Gasteiger partial charge in [0.1, 0.15) is 0 Å². The van der Waals surface area contributed by atoms with E-state index < -0.39 is 0 Å². The van der Waals surface area contributed by atoms with E-state index >= 15 is 0 Å². The minimum atomic E-state index is 0.123. The maximum Gasteiger partial charge on any atom is 0.0702 e. The number of nitrogens with two attached hydrogens (primary N) is 1. The number of rotatable bonds is 5. The molecule has 0 bridgehead atoms. The lowest BCUT2D eigenvalue weighted by Gasteiger charge is -2.42. The first-order valence-corrected chi connectivity index (χ1v) is 8.65. The van der Waals surface area contributed by atoms with Crippen molar-refractivity contribution in [3.8, 4) is 0 Å². The summed E-state index contributed by atoms with van der Waals surface area (Å²) in [5.41, 5.74) is 6.37. The summed E-state index contributed by atoms with van der Waals surface area (Å²) in [6.45, 7) is 3.41. The van der Waals surface area contributed by atoms with Gasteiger partial charge in [0.05, 0.1) is 16.4 Å². The molecular formula is C14H23BrN2OS. The molecule has 0 amide bonds. The van der Waals surface area contributed by atoms with Crippen molar-refractivity contribution in [2.24, 2.45) is 5.73 Å². The van der Waals surface area contributed by atoms with Crippen molar-refractivity contribution in [2.75, 3.05) is 13.2 Å². The number of thiophene rings is 1. The van der Waals surface area contributed by atoms with Crippen LogP contribution in [-0.2, 0) is 0 Å². The number of hydrogen-bond donors (Lipinski definition) is 2. The second-order valence-electron chi connectivity index (χ2n) is 5.23. The van der Waals surface area contributed by atoms with Crippen LogP contribution in [0.2, 0.25) is 0 Å². The van der Waals surface area contributed by atoms with Crippen LogP contribution in [-0.4, -0.2) is 35.2 Å². The van der Waals surface area contributed by atoms with Crippen LogP contribution < -0.4 is 5.73 Å². The Bertz CT molecular complexity index is 399. The van der Waals surface area contributed by atoms with Crippen molar-refractivity contribution in [3.63, 3.8) is 0 Å². The third-order valence-electron chi connectivity index (χ3n) is 4.00. The van der Waals surface area contributed by atoms with E-state index in [1.54, 1.807) is 11.3 Å². The molecule has 3 atom stereocenters. The molecule has 1 aliphatic rings. The molecule has 1 fully saturated rings. The number of piperidine rings is 1. The van der Waals surface area contributed by atoms with Crippen LogP contribution in [0, 0.1) is 0 Å². The predicted molar refractivity (Wildman–Crippen MR) is 84.5 cm³/mol. The maximum absolute atomic E-state index is 9.63. The lowest BCUT2D eigenvalue weighted by Crippen LogP contribution is -2.49. The van der Waals surface area contributed by atoms with Gasteiger partial charge >= 0.3 is 0 Å². The van der Waals surface area contributed by atoms with Gasteiger partial charge in [0, 0.05) is 17.0 Å². The quantitative estimate of drug-likeness (QED) is 0.860. The summed E-state index contributed by atoms with van der Waals surface area (Å²) in [7, 11) is 0. The van der Waals surface area contributed by atoms with Gasteiger partial charge in [-0.15, -0.1) is 11.3 Å². The predicted octanol–water partition coefficient (Wildman–Crippen LogP) is 3.14. The minimum absolute atomic E-state index is 0.123. The van der Waals surface area contributed by atoms with Crippen molar-refractivity contribution in [1.29, 1.82) is 0 Å². The number of nitrogens with zero attached hydrogens (tertiary/aromatic N) is 1. The Morgan fingerprint density at radius 3 is 2.89 bits per heavy atom. The third kappa shape index (κ3) is 3.58. The SMILES string of the molecule is CCC(N)C(c1ccc(Br)s1)N1CCCCC1CO. The molecule has 1 aromatic heterocycles. The first-order chi connectivity index (χ1) is 9.17. The molecule has 1 aliphatic heterocycles. The summed E-state index contributed by atoms with van der Waals surface area (Å²) < 4.78 is 1.15. The molecule has 0 radical (unpaired) electrons. The zero-order valence-corrected chi connectivity index (χ0v) is 13.8. The number of aliphatic hydroxyl groups excluding tert-OH is 1. The normalized spacial score (nSPS) is 24.3. The van der Waals surface area contributed by atoms with E-state index in [2.05, 4.69) is 39.9 Å². The highest BCUT2D eigenvalue weighted by Crippen LogP contribution is 2.36. The Morgan fingerprint density at radius 2 is 2.32 bits per heavy atom. The summed E-state index contributed by atoms with van der Waals surface area (Å²) in [5.74, 6) is 0. The highest BCUT2D eigenvalue weighted by atomic mass is 79.9. The van der Waals surface area contributed by atoms with Gasteiger partial charge in [0.2, 0.25) is 0 Å². The van der Waals surface area contributed by atoms with Crippen molar-refractivity contribution < 1.29 is 5.11 Å². The minimum Gasteiger partial charge on any atom is -0.395 e. The average Bonchev–Trinajstić information content (AvgIpc) is 2.85. The number of aliphatic hydroxyl groups is 1. The molecule has 5 heteroatoms. The lowest BCUT2D eigenvalue weighted by molar-refractivity contribution is 0.0430. The highest BCUT2D eigenvalue weighted by Gasteiger charge is 2.33. The standard InChI is InChI=1S/C14H23BrN2OS/c1-2-11(16)14(12-6-7-13(15)19-12)17-8-4-3-5-10(17)9-18/h6-7,10-11,14,18H,2-5,8-9,16H2,1H3. The first-order valence-electron chi connectivity index (χ1n) is 7.04. The number of likely N-dealkylation sites (tertiary alicyclic amines) is 1. The molecule has 0 aliphatic carbocycles. The molecule has 0 spiro atoms. The Hall–Kier alpha value is 0.0600. The van der Waals surface area contributed by atoms with E-state index in [9.17, 15) is 5.11 Å². The Balaban J connectivity index is 2.26. The van der Waals surface area contributed by atoms with Gasteiger partial charge in [-0.25, -0.2) is 0 Å². The maximum atomic E-state index is 9.63. The van der Waals surface area contributed by atoms with Gasteiger partial charge in [-0.3, -0.25) is 4.90 Å². The molecule has 3 N–H and O–H groups in total. The molecule has 2 heterocycles. The van der Waals surface area contributed by atoms with Gasteiger partial charge in [-0.2, -0.15) is 0 Å². The third-order valence-corrected chi connectivity index (χ3v) is 5.70. The van der Waals surface area contributed by atoms with Crippen LogP contribution in [0.15, 0.2) is 15.9 Å². The molecule has 3 nitrogen and oxygen atoms in total. The molecule has 3 unspecified atom stereocenters. The molecule has 108 valence electrons. The smallest absolute Gasteiger partial charge is 0.0702 e. The van der Waals surface area contributed by atoms with Crippen molar-refractivity contribution in [2.45, 2.75) is 50.7 Å². The van der Waals surface area contributed by atoms with Crippen LogP contribution >= 0.6 is 27.3 Å². The van der Waals surface area contributed by atoms with Gasteiger partial charge in [-0.1, -0.05) is 13.3 Å². The van der Waals surface area contributed by atoms with E-state index in [0.717, 1.165) is 23.2 Å². The highest BCUT2D eigenvalue weighted by molar-refractivity contribution is 9.11. The van der Waals surface area contributed by atoms with Gasteiger partial charge in [0.15, 0.2) is 0 Å². The first kappa shape index (κ1) is 15.4. The van der Waals surface area contributed by atoms with Crippen LogP contribution in [0.5, 0.6) is 0 Å². The van der Waals surface area contributed by atoms with Crippen molar-refractivity contribution >= 4 is 27.3 Å². The van der Waals surface area contributed by atoms with Crippen molar-refractivity contribution in [3.05, 3.63) is 20.8 Å². The molecule has 0 saturated carbocycles. The van der Waals surface area contributed by atoms with Crippen LogP contribution in [0.25, 0.3) is 0 Å². The fourth-order valence-corrected chi connectivity index (χ4v) is 4.54. The second-order valence-corrected chi connectivity index (χ2v) is 7.72. The fourth-order valence-electron chi connectivity index (χ4n) is 2.92. The molecule has 1 saturated heterocycles. The largest absolute Gasteiger partial charge is 0.395 e. The van der Waals surface area contributed by atoms with Crippen LogP contribution in [0.1, 0.15) is 43.5 Å². The fraction of sp³-hybridized carbons (Fsp3) is 0.714. The molecular weight excluding hydrogens is 324 g/mol. The molecule has 0 aromatic carbocycles. The van der Waals surface area contributed by atoms with Crippen LogP contribution in [0.4, 0.5) is 0 Å². The van der Waals surface area contributed by atoms with E-state index in [1.165, 1.54) is 17.7 Å². The Labute approximate surface area is 127 Å². The Morgan fingerprint density at radius 1 is 1.53 bits per heavy atom. The lowest BCUT2D eigenvalue weighted by atomic mass is 9.95. The summed E-state index contributed by atoms with van der Waals surface area (Å²) >= 11 is 5.30. The summed E-state index contributed by atoms with van der Waals surface area (Å²) in [6.07, 6.45) is 4.45. The topological polar surface area (TPSA) is 49.5 Å². The average molecular weight is 347 g/mol. The van der Waals surface area contributed by atoms with Crippen molar-refractivity contribution in [1.82, 2.24) is 4.90 Å². The van der Waals surface area contributed by atoms with E-state index in [0.29, 0.717) is 0 Å². The Kier molecular flexibility index (Phi) is 5.84. The van der Waals surface area contributed by atoms with E-state index in [1.807, 2.05) is 0 Å². The molecule has 1 aromatic rings. The monoisotopic (exact) mass is 346 g/mol. The summed E-state index contributed by atoms with van der Waals surface area (Å²) in [6, 6.07) is 4.87. The summed E-state index contributed by atoms with van der Waals surface area (Å²) in [5, 5.41) is 9.63.